The van der Waals surface area contributed by atoms with Gasteiger partial charge in [0.05, 0.1) is 30.0 Å². The van der Waals surface area contributed by atoms with Crippen LogP contribution in [-0.2, 0) is 11.2 Å². The van der Waals surface area contributed by atoms with Crippen LogP contribution in [-0.4, -0.2) is 67.0 Å². The molecule has 214 valence electrons. The predicted molar refractivity (Wildman–Crippen MR) is 166 cm³/mol. The summed E-state index contributed by atoms with van der Waals surface area (Å²) >= 11 is 13.4. The minimum absolute atomic E-state index is 0.0753. The fraction of sp³-hybridized carbons (Fsp3) is 0.267. The fourth-order valence-corrected chi connectivity index (χ4v) is 4.98. The molecule has 0 amide bonds. The molecule has 41 heavy (non-hydrogen) atoms. The highest BCUT2D eigenvalue weighted by Gasteiger charge is 2.22. The molecule has 2 N–H and O–H groups in total. The lowest BCUT2D eigenvalue weighted by atomic mass is 10.0. The second-order valence-electron chi connectivity index (χ2n) is 9.58. The number of benzene rings is 2. The van der Waals surface area contributed by atoms with Gasteiger partial charge in [0.2, 0.25) is 5.95 Å². The summed E-state index contributed by atoms with van der Waals surface area (Å²) in [6, 6.07) is 9.23. The average molecular weight is 596 g/mol. The zero-order chi connectivity index (χ0) is 29.7. The van der Waals surface area contributed by atoms with Crippen LogP contribution in [0.25, 0.3) is 22.2 Å². The Balaban J connectivity index is 1.84. The van der Waals surface area contributed by atoms with Crippen LogP contribution in [0.4, 0.5) is 17.5 Å². The molecular weight excluding hydrogens is 563 g/mol. The molecule has 9 nitrogen and oxygen atoms in total. The molecule has 2 aromatic heterocycles. The zero-order valence-electron chi connectivity index (χ0n) is 23.6. The van der Waals surface area contributed by atoms with E-state index in [-0.39, 0.29) is 12.2 Å². The van der Waals surface area contributed by atoms with E-state index in [2.05, 4.69) is 27.1 Å². The number of anilines is 3. The van der Waals surface area contributed by atoms with Crippen molar-refractivity contribution in [2.24, 2.45) is 0 Å². The molecule has 0 saturated heterocycles. The summed E-state index contributed by atoms with van der Waals surface area (Å²) in [5.41, 5.74) is 4.14. The zero-order valence-corrected chi connectivity index (χ0v) is 25.2. The van der Waals surface area contributed by atoms with Crippen LogP contribution in [0.2, 0.25) is 10.0 Å². The van der Waals surface area contributed by atoms with Crippen LogP contribution >= 0.6 is 23.2 Å². The Morgan fingerprint density at radius 1 is 1.10 bits per heavy atom. The van der Waals surface area contributed by atoms with Gasteiger partial charge in [0.25, 0.3) is 0 Å². The molecule has 0 aliphatic carbocycles. The van der Waals surface area contributed by atoms with E-state index in [4.69, 9.17) is 42.6 Å². The molecule has 0 atom stereocenters. The third-order valence-corrected chi connectivity index (χ3v) is 7.19. The van der Waals surface area contributed by atoms with Crippen LogP contribution in [0.1, 0.15) is 11.1 Å². The van der Waals surface area contributed by atoms with Gasteiger partial charge in [0.15, 0.2) is 11.6 Å². The van der Waals surface area contributed by atoms with Crippen LogP contribution in [0.5, 0.6) is 11.5 Å². The Morgan fingerprint density at radius 3 is 2.44 bits per heavy atom. The van der Waals surface area contributed by atoms with Crippen molar-refractivity contribution in [2.45, 2.75) is 13.3 Å². The summed E-state index contributed by atoms with van der Waals surface area (Å²) in [6.07, 6.45) is 3.25. The lowest BCUT2D eigenvalue weighted by molar-refractivity contribution is -0.114. The van der Waals surface area contributed by atoms with E-state index in [1.807, 2.05) is 45.3 Å². The topological polar surface area (TPSA) is 102 Å². The van der Waals surface area contributed by atoms with E-state index < -0.39 is 0 Å². The number of ketones is 1. The molecule has 2 heterocycles. The molecular formula is C30H32Cl2N6O3. The molecule has 0 radical (unpaired) electrons. The van der Waals surface area contributed by atoms with E-state index in [0.29, 0.717) is 62.0 Å². The quantitative estimate of drug-likeness (QED) is 0.182. The maximum atomic E-state index is 12.1. The largest absolute Gasteiger partial charge is 0.495 e. The summed E-state index contributed by atoms with van der Waals surface area (Å²) in [4.78, 5) is 28.5. The number of hydrogen-bond donors (Lipinski definition) is 2. The van der Waals surface area contributed by atoms with Crippen molar-refractivity contribution in [3.05, 3.63) is 70.4 Å². The van der Waals surface area contributed by atoms with Gasteiger partial charge in [-0.3, -0.25) is 4.79 Å². The maximum Gasteiger partial charge on any atom is 0.227 e. The van der Waals surface area contributed by atoms with Crippen LogP contribution < -0.4 is 20.1 Å². The van der Waals surface area contributed by atoms with Crippen molar-refractivity contribution in [1.29, 1.82) is 0 Å². The number of methoxy groups -OCH3 is 2. The van der Waals surface area contributed by atoms with E-state index >= 15 is 0 Å². The number of ether oxygens (including phenoxy) is 2. The minimum Gasteiger partial charge on any atom is -0.495 e. The fourth-order valence-electron chi connectivity index (χ4n) is 4.29. The van der Waals surface area contributed by atoms with E-state index in [1.54, 1.807) is 12.3 Å². The summed E-state index contributed by atoms with van der Waals surface area (Å²) in [5, 5.41) is 8.04. The van der Waals surface area contributed by atoms with Crippen molar-refractivity contribution in [1.82, 2.24) is 19.9 Å². The highest BCUT2D eigenvalue weighted by atomic mass is 35.5. The van der Waals surface area contributed by atoms with Crippen LogP contribution in [0.3, 0.4) is 0 Å². The number of rotatable bonds is 12. The van der Waals surface area contributed by atoms with Gasteiger partial charge in [-0.2, -0.15) is 0 Å². The molecule has 0 unspecified atom stereocenters. The summed E-state index contributed by atoms with van der Waals surface area (Å²) in [7, 11) is 7.03. The Kier molecular flexibility index (Phi) is 9.65. The number of fused-ring (bicyclic) bond motifs is 1. The molecule has 4 rings (SSSR count). The number of halogens is 2. The summed E-state index contributed by atoms with van der Waals surface area (Å²) < 4.78 is 10.9. The molecule has 0 bridgehead atoms. The molecule has 2 aromatic carbocycles. The Labute approximate surface area is 249 Å². The highest BCUT2D eigenvalue weighted by molar-refractivity contribution is 6.41. The van der Waals surface area contributed by atoms with Crippen LogP contribution in [0.15, 0.2) is 49.2 Å². The smallest absolute Gasteiger partial charge is 0.227 e. The number of likely N-dealkylation sites (N-methyl/N-ethyl adjacent to an activating group) is 1. The summed E-state index contributed by atoms with van der Waals surface area (Å²) in [5.74, 6) is 1.64. The number of nitrogens with one attached hydrogen (secondary N) is 2. The van der Waals surface area contributed by atoms with Crippen molar-refractivity contribution in [2.75, 3.05) is 52.0 Å². The molecule has 0 aliphatic heterocycles. The van der Waals surface area contributed by atoms with Crippen molar-refractivity contribution < 1.29 is 14.3 Å². The van der Waals surface area contributed by atoms with Crippen molar-refractivity contribution >= 4 is 57.3 Å². The van der Waals surface area contributed by atoms with Gasteiger partial charge in [-0.25, -0.2) is 15.0 Å². The second-order valence-corrected chi connectivity index (χ2v) is 10.3. The standard InChI is InChI=1S/C30H32Cl2N6O3/c1-7-20(39)13-18-10-8-9-17(2)27(18)36-30-34-16-19-14-21(35-29(28(19)37-30)33-11-12-38(3)4)24-25(31)22(40-5)15-23(41-6)26(24)32/h7-10,14-16H,1,11-13H2,2-6H3,(H,33,35)(H,34,36,37). The number of carbonyl (C=O) groups excluding carboxylic acids is 1. The normalized spacial score (nSPS) is 11.0. The SMILES string of the molecule is C=CC(=O)Cc1cccc(C)c1Nc1ncc2cc(-c3c(Cl)c(OC)cc(OC)c3Cl)nc(NCCN(C)C)c2n1. The number of pyridine rings is 1. The van der Waals surface area contributed by atoms with Gasteiger partial charge in [-0.15, -0.1) is 0 Å². The number of allylic oxidation sites excluding steroid dienone is 1. The third kappa shape index (κ3) is 6.70. The maximum absolute atomic E-state index is 12.1. The monoisotopic (exact) mass is 594 g/mol. The van der Waals surface area contributed by atoms with E-state index in [1.165, 1.54) is 20.3 Å². The molecule has 0 fully saturated rings. The number of aromatic nitrogens is 3. The Bertz CT molecular complexity index is 1580. The van der Waals surface area contributed by atoms with Crippen molar-refractivity contribution in [3.63, 3.8) is 0 Å². The molecule has 0 spiro atoms. The van der Waals surface area contributed by atoms with E-state index in [0.717, 1.165) is 23.4 Å². The second kappa shape index (κ2) is 13.2. The lowest BCUT2D eigenvalue weighted by Gasteiger charge is -2.17. The predicted octanol–water partition coefficient (Wildman–Crippen LogP) is 6.34. The van der Waals surface area contributed by atoms with Crippen LogP contribution in [0, 0.1) is 6.92 Å². The first-order chi connectivity index (χ1) is 19.7. The van der Waals surface area contributed by atoms with Gasteiger partial charge in [-0.05, 0) is 44.3 Å². The Hall–Kier alpha value is -3.92. The van der Waals surface area contributed by atoms with E-state index in [9.17, 15) is 4.79 Å². The number of hydrogen-bond acceptors (Lipinski definition) is 9. The van der Waals surface area contributed by atoms with Gasteiger partial charge in [0, 0.05) is 48.4 Å². The molecule has 4 aromatic rings. The number of aryl methyl sites for hydroxylation is 1. The first-order valence-corrected chi connectivity index (χ1v) is 13.6. The number of para-hydroxylation sites is 1. The highest BCUT2D eigenvalue weighted by Crippen LogP contribution is 2.46. The van der Waals surface area contributed by atoms with Gasteiger partial charge < -0.3 is 25.0 Å². The van der Waals surface area contributed by atoms with Gasteiger partial charge in [0.1, 0.15) is 17.0 Å². The number of carbonyl (C=O) groups is 1. The molecule has 0 aliphatic rings. The molecule has 0 saturated carbocycles. The lowest BCUT2D eigenvalue weighted by Crippen LogP contribution is -2.21. The van der Waals surface area contributed by atoms with Gasteiger partial charge in [-0.1, -0.05) is 48.0 Å². The summed E-state index contributed by atoms with van der Waals surface area (Å²) in [6.45, 7) is 6.93. The van der Waals surface area contributed by atoms with Gasteiger partial charge >= 0.3 is 0 Å². The molecule has 11 heteroatoms. The average Bonchev–Trinajstić information content (AvgIpc) is 2.95. The Morgan fingerprint density at radius 2 is 1.80 bits per heavy atom. The first kappa shape index (κ1) is 30.0. The van der Waals surface area contributed by atoms with Crippen molar-refractivity contribution in [3.8, 4) is 22.8 Å². The number of nitrogens with zero attached hydrogens (tertiary/aromatic N) is 4. The first-order valence-electron chi connectivity index (χ1n) is 12.8. The third-order valence-electron chi connectivity index (χ3n) is 6.44. The minimum atomic E-state index is -0.0753.